The molecule has 2 rings (SSSR count). The molecular weight excluding hydrogens is 351 g/mol. The van der Waals surface area contributed by atoms with E-state index in [4.69, 9.17) is 4.98 Å². The summed E-state index contributed by atoms with van der Waals surface area (Å²) in [5.41, 5.74) is 2.14. The number of benzene rings is 1. The summed E-state index contributed by atoms with van der Waals surface area (Å²) in [4.78, 5) is 5.96. The number of nitrogens with one attached hydrogen (secondary N) is 1. The van der Waals surface area contributed by atoms with E-state index in [1.165, 1.54) is 10.9 Å². The molecular formula is C16H20BrFN2S. The van der Waals surface area contributed by atoms with Crippen molar-refractivity contribution >= 4 is 27.3 Å². The molecule has 21 heavy (non-hydrogen) atoms. The Balaban J connectivity index is 2.29. The Morgan fingerprint density at radius 3 is 2.62 bits per heavy atom. The molecule has 0 bridgehead atoms. The minimum absolute atomic E-state index is 0.0774. The van der Waals surface area contributed by atoms with Crippen LogP contribution >= 0.6 is 27.3 Å². The molecule has 0 fully saturated rings. The molecule has 0 saturated heterocycles. The van der Waals surface area contributed by atoms with Crippen LogP contribution in [0.5, 0.6) is 0 Å². The van der Waals surface area contributed by atoms with Gasteiger partial charge in [-0.05, 0) is 61.3 Å². The monoisotopic (exact) mass is 370 g/mol. The SMILES string of the molecule is CCc1nc(-c2ccc(F)c(Br)c2)sc1CNC(C)(C)C. The van der Waals surface area contributed by atoms with Crippen molar-refractivity contribution in [1.29, 1.82) is 0 Å². The maximum atomic E-state index is 13.3. The van der Waals surface area contributed by atoms with E-state index in [1.807, 2.05) is 0 Å². The van der Waals surface area contributed by atoms with Gasteiger partial charge >= 0.3 is 0 Å². The highest BCUT2D eigenvalue weighted by atomic mass is 79.9. The first kappa shape index (κ1) is 16.6. The fourth-order valence-electron chi connectivity index (χ4n) is 1.90. The Morgan fingerprint density at radius 2 is 2.05 bits per heavy atom. The summed E-state index contributed by atoms with van der Waals surface area (Å²) in [6.07, 6.45) is 0.903. The summed E-state index contributed by atoms with van der Waals surface area (Å²) in [6.45, 7) is 9.37. The molecule has 1 N–H and O–H groups in total. The van der Waals surface area contributed by atoms with Gasteiger partial charge in [0.15, 0.2) is 0 Å². The Morgan fingerprint density at radius 1 is 1.33 bits per heavy atom. The Bertz CT molecular complexity index is 632. The maximum absolute atomic E-state index is 13.3. The van der Waals surface area contributed by atoms with Crippen LogP contribution in [0.3, 0.4) is 0 Å². The molecule has 114 valence electrons. The van der Waals surface area contributed by atoms with Gasteiger partial charge in [-0.2, -0.15) is 0 Å². The van der Waals surface area contributed by atoms with Crippen molar-refractivity contribution in [2.24, 2.45) is 0 Å². The van der Waals surface area contributed by atoms with Gasteiger partial charge in [0.2, 0.25) is 0 Å². The number of thiazole rings is 1. The third-order valence-electron chi connectivity index (χ3n) is 3.06. The van der Waals surface area contributed by atoms with Crippen molar-refractivity contribution < 1.29 is 4.39 Å². The molecule has 5 heteroatoms. The van der Waals surface area contributed by atoms with Gasteiger partial charge in [-0.1, -0.05) is 6.92 Å². The van der Waals surface area contributed by atoms with Crippen LogP contribution in [0.25, 0.3) is 10.6 Å². The van der Waals surface area contributed by atoms with Crippen molar-refractivity contribution in [1.82, 2.24) is 10.3 Å². The minimum Gasteiger partial charge on any atom is -0.307 e. The van der Waals surface area contributed by atoms with Gasteiger partial charge in [0.05, 0.1) is 10.2 Å². The van der Waals surface area contributed by atoms with Crippen molar-refractivity contribution in [3.63, 3.8) is 0 Å². The Labute approximate surface area is 137 Å². The van der Waals surface area contributed by atoms with Crippen LogP contribution in [0.2, 0.25) is 0 Å². The van der Waals surface area contributed by atoms with Gasteiger partial charge in [-0.15, -0.1) is 11.3 Å². The van der Waals surface area contributed by atoms with E-state index < -0.39 is 0 Å². The molecule has 0 saturated carbocycles. The molecule has 1 aromatic carbocycles. The predicted molar refractivity (Wildman–Crippen MR) is 91.2 cm³/mol. The van der Waals surface area contributed by atoms with Gasteiger partial charge in [0, 0.05) is 22.5 Å². The largest absolute Gasteiger partial charge is 0.307 e. The maximum Gasteiger partial charge on any atom is 0.137 e. The smallest absolute Gasteiger partial charge is 0.137 e. The van der Waals surface area contributed by atoms with Gasteiger partial charge in [-0.25, -0.2) is 9.37 Å². The number of halogens is 2. The molecule has 2 aromatic rings. The fourth-order valence-corrected chi connectivity index (χ4v) is 3.36. The zero-order chi connectivity index (χ0) is 15.6. The number of aryl methyl sites for hydroxylation is 1. The second-order valence-corrected chi connectivity index (χ2v) is 7.91. The van der Waals surface area contributed by atoms with Crippen LogP contribution in [0.15, 0.2) is 22.7 Å². The minimum atomic E-state index is -0.249. The molecule has 0 aliphatic heterocycles. The van der Waals surface area contributed by atoms with E-state index in [1.54, 1.807) is 23.5 Å². The van der Waals surface area contributed by atoms with E-state index in [9.17, 15) is 4.39 Å². The van der Waals surface area contributed by atoms with Gasteiger partial charge < -0.3 is 5.32 Å². The third-order valence-corrected chi connectivity index (χ3v) is 4.81. The normalized spacial score (nSPS) is 11.9. The standard InChI is InChI=1S/C16H20BrFN2S/c1-5-13-14(9-19-16(2,3)4)21-15(20-13)10-6-7-12(18)11(17)8-10/h6-8,19H,5,9H2,1-4H3. The van der Waals surface area contributed by atoms with Crippen LogP contribution in [0.4, 0.5) is 4.39 Å². The average Bonchev–Trinajstić information content (AvgIpc) is 2.82. The second-order valence-electron chi connectivity index (χ2n) is 5.97. The zero-order valence-corrected chi connectivity index (χ0v) is 15.2. The summed E-state index contributed by atoms with van der Waals surface area (Å²) in [5, 5.41) is 4.44. The topological polar surface area (TPSA) is 24.9 Å². The van der Waals surface area contributed by atoms with Crippen molar-refractivity contribution in [3.8, 4) is 10.6 Å². The third kappa shape index (κ3) is 4.34. The fraction of sp³-hybridized carbons (Fsp3) is 0.438. The van der Waals surface area contributed by atoms with Crippen molar-refractivity contribution in [2.45, 2.75) is 46.2 Å². The van der Waals surface area contributed by atoms with Crippen LogP contribution in [0.1, 0.15) is 38.3 Å². The first-order valence-electron chi connectivity index (χ1n) is 6.99. The second kappa shape index (κ2) is 6.55. The molecule has 0 spiro atoms. The highest BCUT2D eigenvalue weighted by Gasteiger charge is 2.15. The lowest BCUT2D eigenvalue weighted by Crippen LogP contribution is -2.35. The van der Waals surface area contributed by atoms with Crippen LogP contribution in [-0.4, -0.2) is 10.5 Å². The lowest BCUT2D eigenvalue weighted by Gasteiger charge is -2.20. The number of aromatic nitrogens is 1. The number of rotatable bonds is 4. The Kier molecular flexibility index (Phi) is 5.17. The average molecular weight is 371 g/mol. The molecule has 1 aromatic heterocycles. The molecule has 2 nitrogen and oxygen atoms in total. The van der Waals surface area contributed by atoms with Gasteiger partial charge in [-0.3, -0.25) is 0 Å². The van der Waals surface area contributed by atoms with E-state index in [0.717, 1.165) is 29.2 Å². The van der Waals surface area contributed by atoms with Crippen LogP contribution in [-0.2, 0) is 13.0 Å². The van der Waals surface area contributed by atoms with Crippen molar-refractivity contribution in [3.05, 3.63) is 39.1 Å². The molecule has 0 aliphatic carbocycles. The quantitative estimate of drug-likeness (QED) is 0.803. The first-order valence-corrected chi connectivity index (χ1v) is 8.60. The van der Waals surface area contributed by atoms with Gasteiger partial charge in [0.25, 0.3) is 0 Å². The lowest BCUT2D eigenvalue weighted by molar-refractivity contribution is 0.425. The Hall–Kier alpha value is -0.780. The highest BCUT2D eigenvalue weighted by Crippen LogP contribution is 2.31. The number of nitrogens with zero attached hydrogens (tertiary/aromatic N) is 1. The lowest BCUT2D eigenvalue weighted by atomic mass is 10.1. The van der Waals surface area contributed by atoms with Crippen LogP contribution in [0, 0.1) is 5.82 Å². The summed E-state index contributed by atoms with van der Waals surface area (Å²) in [6, 6.07) is 5.04. The van der Waals surface area contributed by atoms with Crippen LogP contribution < -0.4 is 5.32 Å². The molecule has 0 atom stereocenters. The summed E-state index contributed by atoms with van der Waals surface area (Å²) in [5.74, 6) is -0.249. The molecule has 0 radical (unpaired) electrons. The van der Waals surface area contributed by atoms with E-state index in [-0.39, 0.29) is 11.4 Å². The zero-order valence-electron chi connectivity index (χ0n) is 12.8. The molecule has 0 unspecified atom stereocenters. The summed E-state index contributed by atoms with van der Waals surface area (Å²) >= 11 is 4.91. The van der Waals surface area contributed by atoms with E-state index in [0.29, 0.717) is 4.47 Å². The van der Waals surface area contributed by atoms with E-state index in [2.05, 4.69) is 48.9 Å². The predicted octanol–water partition coefficient (Wildman–Crippen LogP) is 5.16. The van der Waals surface area contributed by atoms with Crippen molar-refractivity contribution in [2.75, 3.05) is 0 Å². The molecule has 0 aliphatic rings. The number of hydrogen-bond acceptors (Lipinski definition) is 3. The van der Waals surface area contributed by atoms with Gasteiger partial charge in [0.1, 0.15) is 10.8 Å². The number of hydrogen-bond donors (Lipinski definition) is 1. The summed E-state index contributed by atoms with van der Waals surface area (Å²) < 4.78 is 13.8. The molecule has 1 heterocycles. The first-order chi connectivity index (χ1) is 9.80. The summed E-state index contributed by atoms with van der Waals surface area (Å²) in [7, 11) is 0. The van der Waals surface area contributed by atoms with E-state index >= 15 is 0 Å². The highest BCUT2D eigenvalue weighted by molar-refractivity contribution is 9.10. The molecule has 0 amide bonds.